The first-order valence-electron chi connectivity index (χ1n) is 6.82. The normalized spacial score (nSPS) is 17.4. The number of carbonyl (C=O) groups excluding carboxylic acids is 1. The van der Waals surface area contributed by atoms with Crippen molar-refractivity contribution < 1.29 is 13.6 Å². The zero-order chi connectivity index (χ0) is 15.0. The van der Waals surface area contributed by atoms with Gasteiger partial charge in [-0.05, 0) is 42.5 Å². The van der Waals surface area contributed by atoms with Gasteiger partial charge in [0, 0.05) is 11.5 Å². The molecule has 0 aliphatic heterocycles. The minimum absolute atomic E-state index is 0.0299. The maximum Gasteiger partial charge on any atom is 0.167 e. The van der Waals surface area contributed by atoms with Crippen molar-refractivity contribution >= 4 is 17.4 Å². The van der Waals surface area contributed by atoms with E-state index >= 15 is 0 Å². The fourth-order valence-corrected chi connectivity index (χ4v) is 3.10. The third-order valence-electron chi connectivity index (χ3n) is 3.99. The van der Waals surface area contributed by atoms with Gasteiger partial charge in [-0.25, -0.2) is 8.78 Å². The zero-order valence-corrected chi connectivity index (χ0v) is 12.0. The van der Waals surface area contributed by atoms with Crippen molar-refractivity contribution in [3.63, 3.8) is 0 Å². The molecule has 0 amide bonds. The first-order valence-corrected chi connectivity index (χ1v) is 7.19. The summed E-state index contributed by atoms with van der Waals surface area (Å²) in [7, 11) is 0. The summed E-state index contributed by atoms with van der Waals surface area (Å²) >= 11 is 5.89. The maximum atomic E-state index is 13.3. The van der Waals surface area contributed by atoms with E-state index in [0.717, 1.165) is 24.1 Å². The molecule has 0 N–H and O–H groups in total. The number of halogens is 3. The summed E-state index contributed by atoms with van der Waals surface area (Å²) in [6.07, 6.45) is 2.13. The summed E-state index contributed by atoms with van der Waals surface area (Å²) in [6, 6.07) is 9.74. The first kappa shape index (κ1) is 14.2. The van der Waals surface area contributed by atoms with E-state index < -0.39 is 11.6 Å². The highest BCUT2D eigenvalue weighted by molar-refractivity contribution is 6.34. The Morgan fingerprint density at radius 1 is 1.10 bits per heavy atom. The summed E-state index contributed by atoms with van der Waals surface area (Å²) in [5.41, 5.74) is 2.46. The van der Waals surface area contributed by atoms with Gasteiger partial charge in [0.1, 0.15) is 0 Å². The lowest BCUT2D eigenvalue weighted by atomic mass is 9.80. The standard InChI is InChI=1S/C17H13ClF2O/c18-14-9-16(20)15(19)8-13(14)17(21)12-6-5-10-3-1-2-4-11(10)7-12/h1-4,8-9,12H,5-7H2. The van der Waals surface area contributed by atoms with Crippen molar-refractivity contribution in [2.24, 2.45) is 5.92 Å². The number of rotatable bonds is 2. The number of carbonyl (C=O) groups is 1. The molecule has 1 aliphatic carbocycles. The van der Waals surface area contributed by atoms with Crippen LogP contribution >= 0.6 is 11.6 Å². The van der Waals surface area contributed by atoms with Crippen LogP contribution in [0.1, 0.15) is 27.9 Å². The zero-order valence-electron chi connectivity index (χ0n) is 11.2. The van der Waals surface area contributed by atoms with E-state index in [1.165, 1.54) is 5.56 Å². The van der Waals surface area contributed by atoms with E-state index in [0.29, 0.717) is 12.8 Å². The molecular formula is C17H13ClF2O. The molecule has 4 heteroatoms. The number of fused-ring (bicyclic) bond motifs is 1. The molecule has 0 heterocycles. The highest BCUT2D eigenvalue weighted by Crippen LogP contribution is 2.30. The molecule has 3 rings (SSSR count). The second kappa shape index (κ2) is 5.57. The molecule has 0 spiro atoms. The highest BCUT2D eigenvalue weighted by Gasteiger charge is 2.27. The molecule has 21 heavy (non-hydrogen) atoms. The van der Waals surface area contributed by atoms with E-state index in [4.69, 9.17) is 11.6 Å². The summed E-state index contributed by atoms with van der Waals surface area (Å²) < 4.78 is 26.4. The Balaban J connectivity index is 1.89. The molecule has 0 aromatic heterocycles. The lowest BCUT2D eigenvalue weighted by Gasteiger charge is -2.23. The lowest BCUT2D eigenvalue weighted by molar-refractivity contribution is 0.0908. The third kappa shape index (κ3) is 2.70. The van der Waals surface area contributed by atoms with Crippen LogP contribution in [0.5, 0.6) is 0 Å². The Morgan fingerprint density at radius 3 is 2.52 bits per heavy atom. The lowest BCUT2D eigenvalue weighted by Crippen LogP contribution is -2.23. The quantitative estimate of drug-likeness (QED) is 0.585. The molecule has 1 aliphatic rings. The van der Waals surface area contributed by atoms with Crippen molar-refractivity contribution in [3.8, 4) is 0 Å². The van der Waals surface area contributed by atoms with Gasteiger partial charge in [0.05, 0.1) is 5.02 Å². The molecule has 0 fully saturated rings. The Kier molecular flexibility index (Phi) is 3.77. The molecule has 0 saturated heterocycles. The molecule has 0 saturated carbocycles. The van der Waals surface area contributed by atoms with Crippen molar-refractivity contribution in [2.45, 2.75) is 19.3 Å². The fraction of sp³-hybridized carbons (Fsp3) is 0.235. The van der Waals surface area contributed by atoms with Crippen LogP contribution in [-0.4, -0.2) is 5.78 Å². The molecule has 1 unspecified atom stereocenters. The van der Waals surface area contributed by atoms with Crippen LogP contribution in [0.4, 0.5) is 8.78 Å². The van der Waals surface area contributed by atoms with Crippen molar-refractivity contribution in [1.29, 1.82) is 0 Å². The van der Waals surface area contributed by atoms with Gasteiger partial charge in [-0.3, -0.25) is 4.79 Å². The van der Waals surface area contributed by atoms with Gasteiger partial charge in [-0.1, -0.05) is 35.9 Å². The van der Waals surface area contributed by atoms with E-state index in [-0.39, 0.29) is 22.3 Å². The van der Waals surface area contributed by atoms with Gasteiger partial charge in [0.2, 0.25) is 0 Å². The number of hydrogen-bond acceptors (Lipinski definition) is 1. The van der Waals surface area contributed by atoms with E-state index in [1.807, 2.05) is 18.2 Å². The molecule has 108 valence electrons. The monoisotopic (exact) mass is 306 g/mol. The van der Waals surface area contributed by atoms with Gasteiger partial charge >= 0.3 is 0 Å². The SMILES string of the molecule is O=C(c1cc(F)c(F)cc1Cl)C1CCc2ccccc2C1. The van der Waals surface area contributed by atoms with Crippen LogP contribution in [0.3, 0.4) is 0 Å². The average molecular weight is 307 g/mol. The van der Waals surface area contributed by atoms with Gasteiger partial charge in [0.25, 0.3) is 0 Å². The van der Waals surface area contributed by atoms with E-state index in [2.05, 4.69) is 6.07 Å². The second-order valence-corrected chi connectivity index (χ2v) is 5.73. The Labute approximate surface area is 126 Å². The topological polar surface area (TPSA) is 17.1 Å². The fourth-order valence-electron chi connectivity index (χ4n) is 2.85. The number of Topliss-reactive ketones (excluding diaryl/α,β-unsaturated/α-hetero) is 1. The van der Waals surface area contributed by atoms with Crippen LogP contribution < -0.4 is 0 Å². The number of aryl methyl sites for hydroxylation is 1. The van der Waals surface area contributed by atoms with Crippen LogP contribution in [0.15, 0.2) is 36.4 Å². The maximum absolute atomic E-state index is 13.3. The molecule has 1 atom stereocenters. The van der Waals surface area contributed by atoms with Gasteiger partial charge in [-0.2, -0.15) is 0 Å². The predicted molar refractivity (Wildman–Crippen MR) is 77.7 cm³/mol. The van der Waals surface area contributed by atoms with Gasteiger partial charge in [0.15, 0.2) is 17.4 Å². The number of hydrogen-bond donors (Lipinski definition) is 0. The van der Waals surface area contributed by atoms with Crippen molar-refractivity contribution in [2.75, 3.05) is 0 Å². The number of ketones is 1. The van der Waals surface area contributed by atoms with Crippen LogP contribution in [0.25, 0.3) is 0 Å². The van der Waals surface area contributed by atoms with E-state index in [1.54, 1.807) is 0 Å². The molecule has 0 bridgehead atoms. The predicted octanol–water partition coefficient (Wildman–Crippen LogP) is 4.61. The Bertz CT molecular complexity index is 712. The smallest absolute Gasteiger partial charge is 0.167 e. The van der Waals surface area contributed by atoms with Crippen LogP contribution in [-0.2, 0) is 12.8 Å². The molecule has 2 aromatic carbocycles. The van der Waals surface area contributed by atoms with Crippen LogP contribution in [0, 0.1) is 17.6 Å². The summed E-state index contributed by atoms with van der Waals surface area (Å²) in [5, 5.41) is -0.0299. The highest BCUT2D eigenvalue weighted by atomic mass is 35.5. The van der Waals surface area contributed by atoms with Gasteiger partial charge < -0.3 is 0 Å². The van der Waals surface area contributed by atoms with Gasteiger partial charge in [-0.15, -0.1) is 0 Å². The van der Waals surface area contributed by atoms with Crippen molar-refractivity contribution in [3.05, 3.63) is 69.7 Å². The molecular weight excluding hydrogens is 294 g/mol. The van der Waals surface area contributed by atoms with Crippen LogP contribution in [0.2, 0.25) is 5.02 Å². The molecule has 2 aromatic rings. The van der Waals surface area contributed by atoms with E-state index in [9.17, 15) is 13.6 Å². The minimum atomic E-state index is -1.04. The molecule has 0 radical (unpaired) electrons. The summed E-state index contributed by atoms with van der Waals surface area (Å²) in [5.74, 6) is -2.53. The summed E-state index contributed by atoms with van der Waals surface area (Å²) in [6.45, 7) is 0. The third-order valence-corrected chi connectivity index (χ3v) is 4.31. The Morgan fingerprint density at radius 2 is 1.76 bits per heavy atom. The average Bonchev–Trinajstić information content (AvgIpc) is 2.50. The summed E-state index contributed by atoms with van der Waals surface area (Å²) in [4.78, 5) is 12.5. The number of benzene rings is 2. The van der Waals surface area contributed by atoms with Crippen molar-refractivity contribution in [1.82, 2.24) is 0 Å². The largest absolute Gasteiger partial charge is 0.294 e. The minimum Gasteiger partial charge on any atom is -0.294 e. The first-order chi connectivity index (χ1) is 10.1. The second-order valence-electron chi connectivity index (χ2n) is 5.32. The molecule has 1 nitrogen and oxygen atoms in total. The Hall–Kier alpha value is -1.74.